The molecule has 1 aromatic rings. The van der Waals surface area contributed by atoms with Crippen molar-refractivity contribution in [3.8, 4) is 5.75 Å². The van der Waals surface area contributed by atoms with Crippen molar-refractivity contribution in [1.82, 2.24) is 9.88 Å². The van der Waals surface area contributed by atoms with Crippen molar-refractivity contribution in [2.45, 2.75) is 12.8 Å². The molecule has 1 aliphatic rings. The highest BCUT2D eigenvalue weighted by Gasteiger charge is 2.12. The molecular weight excluding hydrogens is 247 g/mol. The highest BCUT2D eigenvalue weighted by atomic mass is 16.6. The number of morpholine rings is 1. The van der Waals surface area contributed by atoms with E-state index >= 15 is 0 Å². The monoisotopic (exact) mass is 266 g/mol. The summed E-state index contributed by atoms with van der Waals surface area (Å²) in [7, 11) is -1.79. The number of nitrogens with zero attached hydrogens (tertiary/aromatic N) is 2. The molecule has 19 heavy (non-hydrogen) atoms. The Kier molecular flexibility index (Phi) is 5.59. The van der Waals surface area contributed by atoms with Gasteiger partial charge in [-0.3, -0.25) is 9.88 Å². The van der Waals surface area contributed by atoms with Crippen LogP contribution in [0.15, 0.2) is 18.3 Å². The van der Waals surface area contributed by atoms with E-state index in [4.69, 9.17) is 19.4 Å². The molecule has 7 heteroatoms. The van der Waals surface area contributed by atoms with Gasteiger partial charge in [0.2, 0.25) is 0 Å². The molecule has 1 saturated heterocycles. The Hall–Kier alpha value is -1.15. The van der Waals surface area contributed by atoms with Gasteiger partial charge in [0.25, 0.3) is 0 Å². The minimum atomic E-state index is -1.79. The molecule has 0 saturated carbocycles. The van der Waals surface area contributed by atoms with Gasteiger partial charge < -0.3 is 19.4 Å². The van der Waals surface area contributed by atoms with Gasteiger partial charge in [0.15, 0.2) is 0 Å². The summed E-state index contributed by atoms with van der Waals surface area (Å²) in [6.45, 7) is 4.64. The first kappa shape index (κ1) is 14.3. The van der Waals surface area contributed by atoms with E-state index in [1.807, 2.05) is 0 Å². The molecule has 0 atom stereocenters. The van der Waals surface area contributed by atoms with E-state index in [1.54, 1.807) is 18.3 Å². The molecule has 0 aliphatic carbocycles. The van der Waals surface area contributed by atoms with Crippen molar-refractivity contribution < 1.29 is 19.4 Å². The van der Waals surface area contributed by atoms with Crippen LogP contribution >= 0.6 is 0 Å². The molecule has 0 unspecified atom stereocenters. The largest absolute Gasteiger partial charge is 0.707 e. The molecule has 6 nitrogen and oxygen atoms in total. The van der Waals surface area contributed by atoms with Crippen molar-refractivity contribution in [1.29, 1.82) is 0 Å². The van der Waals surface area contributed by atoms with Crippen LogP contribution < -0.4 is 4.65 Å². The quantitative estimate of drug-likeness (QED) is 0.688. The average Bonchev–Trinajstić information content (AvgIpc) is 2.40. The van der Waals surface area contributed by atoms with E-state index in [2.05, 4.69) is 9.88 Å². The zero-order valence-electron chi connectivity index (χ0n) is 10.9. The molecule has 2 N–H and O–H groups in total. The SMILES string of the molecule is OB(O)Oc1ccnc(CCCN2CCOCC2)c1. The van der Waals surface area contributed by atoms with Crippen molar-refractivity contribution in [3.63, 3.8) is 0 Å². The summed E-state index contributed by atoms with van der Waals surface area (Å²) < 4.78 is 10.1. The molecule has 2 rings (SSSR count). The topological polar surface area (TPSA) is 75.0 Å². The molecule has 0 bridgehead atoms. The fourth-order valence-corrected chi connectivity index (χ4v) is 2.10. The lowest BCUT2D eigenvalue weighted by molar-refractivity contribution is 0.0374. The van der Waals surface area contributed by atoms with Crippen LogP contribution in [0.5, 0.6) is 5.75 Å². The Morgan fingerprint density at radius 2 is 2.16 bits per heavy atom. The van der Waals surface area contributed by atoms with Gasteiger partial charge in [-0.25, -0.2) is 0 Å². The fraction of sp³-hybridized carbons (Fsp3) is 0.583. The van der Waals surface area contributed by atoms with Crippen LogP contribution in [0.4, 0.5) is 0 Å². The number of ether oxygens (including phenoxy) is 1. The standard InChI is InChI=1S/C12H19BN2O4/c16-13(17)19-12-3-4-14-11(10-12)2-1-5-15-6-8-18-9-7-15/h3-4,10,16-17H,1-2,5-9H2. The first-order chi connectivity index (χ1) is 9.24. The summed E-state index contributed by atoms with van der Waals surface area (Å²) in [4.78, 5) is 6.62. The lowest BCUT2D eigenvalue weighted by Crippen LogP contribution is -2.36. The summed E-state index contributed by atoms with van der Waals surface area (Å²) in [6, 6.07) is 3.34. The second kappa shape index (κ2) is 7.45. The maximum atomic E-state index is 8.74. The Morgan fingerprint density at radius 1 is 1.37 bits per heavy atom. The zero-order valence-corrected chi connectivity index (χ0v) is 10.9. The predicted molar refractivity (Wildman–Crippen MR) is 70.6 cm³/mol. The summed E-state index contributed by atoms with van der Waals surface area (Å²) in [5.74, 6) is 0.423. The van der Waals surface area contributed by atoms with Crippen LogP contribution in [0.2, 0.25) is 0 Å². The summed E-state index contributed by atoms with van der Waals surface area (Å²) >= 11 is 0. The maximum Gasteiger partial charge on any atom is 0.707 e. The molecule has 0 aromatic carbocycles. The summed E-state index contributed by atoms with van der Waals surface area (Å²) in [5.41, 5.74) is 0.895. The molecule has 1 aromatic heterocycles. The van der Waals surface area contributed by atoms with E-state index in [1.165, 1.54) is 0 Å². The Morgan fingerprint density at radius 3 is 2.89 bits per heavy atom. The lowest BCUT2D eigenvalue weighted by Gasteiger charge is -2.26. The van der Waals surface area contributed by atoms with Crippen LogP contribution in [0.1, 0.15) is 12.1 Å². The Balaban J connectivity index is 1.75. The van der Waals surface area contributed by atoms with Crippen molar-refractivity contribution in [2.24, 2.45) is 0 Å². The fourth-order valence-electron chi connectivity index (χ4n) is 2.10. The third-order valence-electron chi connectivity index (χ3n) is 3.04. The van der Waals surface area contributed by atoms with Crippen LogP contribution in [0, 0.1) is 0 Å². The van der Waals surface area contributed by atoms with E-state index < -0.39 is 7.32 Å². The summed E-state index contributed by atoms with van der Waals surface area (Å²) in [6.07, 6.45) is 3.47. The lowest BCUT2D eigenvalue weighted by atomic mass is 10.2. The van der Waals surface area contributed by atoms with Gasteiger partial charge in [-0.2, -0.15) is 0 Å². The number of rotatable bonds is 6. The van der Waals surface area contributed by atoms with Gasteiger partial charge in [-0.05, 0) is 31.5 Å². The van der Waals surface area contributed by atoms with Crippen LogP contribution in [-0.2, 0) is 11.2 Å². The third kappa shape index (κ3) is 5.16. The first-order valence-corrected chi connectivity index (χ1v) is 6.52. The minimum absolute atomic E-state index is 0.423. The second-order valence-electron chi connectivity index (χ2n) is 4.48. The molecule has 0 spiro atoms. The highest BCUT2D eigenvalue weighted by Crippen LogP contribution is 2.12. The Bertz CT molecular complexity index is 386. The molecule has 1 aliphatic heterocycles. The third-order valence-corrected chi connectivity index (χ3v) is 3.04. The summed E-state index contributed by atoms with van der Waals surface area (Å²) in [5, 5.41) is 17.5. The molecule has 104 valence electrons. The van der Waals surface area contributed by atoms with Gasteiger partial charge in [-0.1, -0.05) is 0 Å². The predicted octanol–water partition coefficient (Wildman–Crippen LogP) is -0.305. The van der Waals surface area contributed by atoms with Gasteiger partial charge in [0.1, 0.15) is 5.75 Å². The minimum Gasteiger partial charge on any atom is -0.512 e. The van der Waals surface area contributed by atoms with E-state index in [-0.39, 0.29) is 0 Å². The first-order valence-electron chi connectivity index (χ1n) is 6.52. The number of aromatic nitrogens is 1. The molecule has 0 amide bonds. The second-order valence-corrected chi connectivity index (χ2v) is 4.48. The smallest absolute Gasteiger partial charge is 0.512 e. The number of hydrogen-bond acceptors (Lipinski definition) is 6. The van der Waals surface area contributed by atoms with Crippen molar-refractivity contribution in [2.75, 3.05) is 32.8 Å². The van der Waals surface area contributed by atoms with Crippen LogP contribution in [0.3, 0.4) is 0 Å². The van der Waals surface area contributed by atoms with Crippen LogP contribution in [-0.4, -0.2) is 60.1 Å². The average molecular weight is 266 g/mol. The maximum absolute atomic E-state index is 8.74. The zero-order chi connectivity index (χ0) is 13.5. The van der Waals surface area contributed by atoms with Gasteiger partial charge >= 0.3 is 7.32 Å². The van der Waals surface area contributed by atoms with Crippen molar-refractivity contribution in [3.05, 3.63) is 24.0 Å². The number of hydrogen-bond donors (Lipinski definition) is 2. The molecular formula is C12H19BN2O4. The number of aryl methyl sites for hydroxylation is 1. The molecule has 0 radical (unpaired) electrons. The molecule has 2 heterocycles. The van der Waals surface area contributed by atoms with Crippen LogP contribution in [0.25, 0.3) is 0 Å². The van der Waals surface area contributed by atoms with E-state index in [9.17, 15) is 0 Å². The number of pyridine rings is 1. The van der Waals surface area contributed by atoms with Gasteiger partial charge in [-0.15, -0.1) is 0 Å². The van der Waals surface area contributed by atoms with Gasteiger partial charge in [0.05, 0.1) is 13.2 Å². The Labute approximate surface area is 113 Å². The highest BCUT2D eigenvalue weighted by molar-refractivity contribution is 6.33. The van der Waals surface area contributed by atoms with Gasteiger partial charge in [0, 0.05) is 25.0 Å². The van der Waals surface area contributed by atoms with E-state index in [0.717, 1.165) is 51.4 Å². The van der Waals surface area contributed by atoms with E-state index in [0.29, 0.717) is 5.75 Å². The van der Waals surface area contributed by atoms with Crippen molar-refractivity contribution >= 4 is 7.32 Å². The normalized spacial score (nSPS) is 16.3. The molecule has 1 fully saturated rings.